The fourth-order valence-corrected chi connectivity index (χ4v) is 1.82. The molecule has 0 saturated carbocycles. The summed E-state index contributed by atoms with van der Waals surface area (Å²) in [6, 6.07) is 6.91. The van der Waals surface area contributed by atoms with Gasteiger partial charge < -0.3 is 10.2 Å². The first-order valence-electron chi connectivity index (χ1n) is 4.14. The van der Waals surface area contributed by atoms with Crippen molar-refractivity contribution in [3.05, 3.63) is 39.7 Å². The summed E-state index contributed by atoms with van der Waals surface area (Å²) in [7, 11) is 0. The van der Waals surface area contributed by atoms with Crippen LogP contribution < -0.4 is 0 Å². The van der Waals surface area contributed by atoms with Gasteiger partial charge >= 0.3 is 0 Å². The number of nitrogens with zero attached hydrogens (tertiary/aromatic N) is 1. The smallest absolute Gasteiger partial charge is 0.212 e. The van der Waals surface area contributed by atoms with Crippen LogP contribution >= 0.6 is 22.6 Å². The van der Waals surface area contributed by atoms with Gasteiger partial charge in [-0.15, -0.1) is 0 Å². The number of aromatic hydroxyl groups is 2. The molecule has 3 nitrogen and oxygen atoms in total. The second kappa shape index (κ2) is 3.73. The number of hydrogen-bond donors (Lipinski definition) is 2. The molecule has 1 aromatic carbocycles. The molecule has 78 valence electrons. The van der Waals surface area contributed by atoms with E-state index >= 15 is 0 Å². The third-order valence-electron chi connectivity index (χ3n) is 2.00. The third-order valence-corrected chi connectivity index (χ3v) is 2.79. The number of aromatic nitrogens is 1. The lowest BCUT2D eigenvalue weighted by molar-refractivity contribution is 0.401. The molecule has 1 heterocycles. The summed E-state index contributed by atoms with van der Waals surface area (Å²) in [4.78, 5) is 0. The van der Waals surface area contributed by atoms with Crippen LogP contribution in [0, 0.1) is 9.39 Å². The molecule has 0 saturated heterocycles. The zero-order chi connectivity index (χ0) is 11.0. The van der Waals surface area contributed by atoms with Gasteiger partial charge in [-0.25, -0.2) is 4.39 Å². The Labute approximate surface area is 98.9 Å². The molecule has 0 unspecified atom stereocenters. The van der Waals surface area contributed by atoms with Gasteiger partial charge in [-0.1, -0.05) is 0 Å². The lowest BCUT2D eigenvalue weighted by Crippen LogP contribution is -1.92. The van der Waals surface area contributed by atoms with Crippen LogP contribution in [0.5, 0.6) is 11.8 Å². The minimum Gasteiger partial charge on any atom is -0.494 e. The van der Waals surface area contributed by atoms with Gasteiger partial charge in [0, 0.05) is 6.07 Å². The minimum atomic E-state index is -0.361. The Morgan fingerprint density at radius 1 is 1.13 bits per heavy atom. The monoisotopic (exact) mass is 319 g/mol. The standard InChI is InChI=1S/C10H7FINO2/c11-6-1-3-7(4-2-6)13-9(14)5-8(12)10(13)15/h1-5,14-15H. The van der Waals surface area contributed by atoms with Gasteiger partial charge in [-0.05, 0) is 46.9 Å². The maximum atomic E-state index is 12.7. The van der Waals surface area contributed by atoms with Crippen LogP contribution in [-0.2, 0) is 0 Å². The Balaban J connectivity index is 2.58. The molecule has 0 bridgehead atoms. The van der Waals surface area contributed by atoms with E-state index in [0.29, 0.717) is 9.26 Å². The van der Waals surface area contributed by atoms with Gasteiger partial charge in [-0.2, -0.15) is 0 Å². The van der Waals surface area contributed by atoms with Crippen LogP contribution in [0.3, 0.4) is 0 Å². The van der Waals surface area contributed by atoms with Crippen molar-refractivity contribution in [3.8, 4) is 17.4 Å². The average molecular weight is 319 g/mol. The van der Waals surface area contributed by atoms with Crippen LogP contribution in [0.15, 0.2) is 30.3 Å². The molecule has 15 heavy (non-hydrogen) atoms. The molecule has 0 aliphatic rings. The van der Waals surface area contributed by atoms with E-state index < -0.39 is 0 Å². The van der Waals surface area contributed by atoms with Crippen molar-refractivity contribution in [2.75, 3.05) is 0 Å². The number of rotatable bonds is 1. The highest BCUT2D eigenvalue weighted by molar-refractivity contribution is 14.1. The molecule has 0 aliphatic carbocycles. The quantitative estimate of drug-likeness (QED) is 0.794. The molecule has 2 N–H and O–H groups in total. The molecule has 1 aromatic heterocycles. The molecule has 2 rings (SSSR count). The Bertz CT molecular complexity index is 493. The van der Waals surface area contributed by atoms with Crippen LogP contribution in [-0.4, -0.2) is 14.8 Å². The summed E-state index contributed by atoms with van der Waals surface area (Å²) < 4.78 is 14.4. The predicted octanol–water partition coefficient (Wildman–Crippen LogP) is 2.63. The molecule has 0 amide bonds. The summed E-state index contributed by atoms with van der Waals surface area (Å²) in [5.74, 6) is -0.497. The first-order valence-corrected chi connectivity index (χ1v) is 5.22. The maximum absolute atomic E-state index is 12.7. The summed E-state index contributed by atoms with van der Waals surface area (Å²) in [5.41, 5.74) is 0.509. The number of benzene rings is 1. The van der Waals surface area contributed by atoms with Crippen LogP contribution in [0.1, 0.15) is 0 Å². The first kappa shape index (κ1) is 10.3. The van der Waals surface area contributed by atoms with Gasteiger partial charge in [0.1, 0.15) is 5.82 Å². The Morgan fingerprint density at radius 3 is 2.20 bits per heavy atom. The Morgan fingerprint density at radius 2 is 1.73 bits per heavy atom. The van der Waals surface area contributed by atoms with E-state index in [1.54, 1.807) is 0 Å². The van der Waals surface area contributed by atoms with Crippen LogP contribution in [0.4, 0.5) is 4.39 Å². The van der Waals surface area contributed by atoms with E-state index in [9.17, 15) is 14.6 Å². The van der Waals surface area contributed by atoms with Crippen molar-refractivity contribution in [1.82, 2.24) is 4.57 Å². The molecule has 5 heteroatoms. The summed E-state index contributed by atoms with van der Waals surface area (Å²) in [5, 5.41) is 19.2. The maximum Gasteiger partial charge on any atom is 0.212 e. The summed E-state index contributed by atoms with van der Waals surface area (Å²) in [6.07, 6.45) is 0. The average Bonchev–Trinajstić information content (AvgIpc) is 2.44. The molecular weight excluding hydrogens is 312 g/mol. The molecule has 0 radical (unpaired) electrons. The van der Waals surface area contributed by atoms with Gasteiger partial charge in [0.05, 0.1) is 9.26 Å². The molecule has 0 atom stereocenters. The van der Waals surface area contributed by atoms with Gasteiger partial charge in [0.15, 0.2) is 5.88 Å². The number of halogens is 2. The van der Waals surface area contributed by atoms with Crippen LogP contribution in [0.2, 0.25) is 0 Å². The van der Waals surface area contributed by atoms with E-state index in [-0.39, 0.29) is 17.6 Å². The van der Waals surface area contributed by atoms with E-state index in [0.717, 1.165) is 0 Å². The largest absolute Gasteiger partial charge is 0.494 e. The molecule has 0 spiro atoms. The Kier molecular flexibility index (Phi) is 2.56. The highest BCUT2D eigenvalue weighted by Crippen LogP contribution is 2.32. The summed E-state index contributed by atoms with van der Waals surface area (Å²) in [6.45, 7) is 0. The van der Waals surface area contributed by atoms with Crippen molar-refractivity contribution < 1.29 is 14.6 Å². The van der Waals surface area contributed by atoms with Crippen molar-refractivity contribution >= 4 is 22.6 Å². The van der Waals surface area contributed by atoms with Crippen molar-refractivity contribution in [1.29, 1.82) is 0 Å². The van der Waals surface area contributed by atoms with Crippen LogP contribution in [0.25, 0.3) is 5.69 Å². The minimum absolute atomic E-state index is 0.0558. The topological polar surface area (TPSA) is 45.4 Å². The van der Waals surface area contributed by atoms with Crippen molar-refractivity contribution in [2.45, 2.75) is 0 Å². The fourth-order valence-electron chi connectivity index (χ4n) is 1.30. The van der Waals surface area contributed by atoms with Crippen molar-refractivity contribution in [2.24, 2.45) is 0 Å². The van der Waals surface area contributed by atoms with E-state index in [1.807, 2.05) is 22.6 Å². The lowest BCUT2D eigenvalue weighted by atomic mass is 10.3. The Hall–Kier alpha value is -1.24. The summed E-state index contributed by atoms with van der Waals surface area (Å²) >= 11 is 1.90. The highest BCUT2D eigenvalue weighted by Gasteiger charge is 2.12. The normalized spacial score (nSPS) is 10.5. The van der Waals surface area contributed by atoms with E-state index in [1.165, 1.54) is 34.9 Å². The lowest BCUT2D eigenvalue weighted by Gasteiger charge is -2.06. The van der Waals surface area contributed by atoms with E-state index in [4.69, 9.17) is 0 Å². The number of hydrogen-bond acceptors (Lipinski definition) is 2. The third kappa shape index (κ3) is 1.79. The molecule has 2 aromatic rings. The molecule has 0 aliphatic heterocycles. The van der Waals surface area contributed by atoms with Crippen molar-refractivity contribution in [3.63, 3.8) is 0 Å². The predicted molar refractivity (Wildman–Crippen MR) is 61.8 cm³/mol. The zero-order valence-electron chi connectivity index (χ0n) is 7.48. The second-order valence-electron chi connectivity index (χ2n) is 2.99. The molecule has 0 fully saturated rings. The van der Waals surface area contributed by atoms with E-state index in [2.05, 4.69) is 0 Å². The zero-order valence-corrected chi connectivity index (χ0v) is 9.64. The fraction of sp³-hybridized carbons (Fsp3) is 0. The van der Waals surface area contributed by atoms with Gasteiger partial charge in [0.25, 0.3) is 0 Å². The highest BCUT2D eigenvalue weighted by atomic mass is 127. The van der Waals surface area contributed by atoms with Gasteiger partial charge in [0.2, 0.25) is 5.88 Å². The SMILES string of the molecule is Oc1cc(I)c(O)n1-c1ccc(F)cc1. The first-order chi connectivity index (χ1) is 7.09. The second-order valence-corrected chi connectivity index (χ2v) is 4.15. The molecular formula is C10H7FINO2. The van der Waals surface area contributed by atoms with Gasteiger partial charge in [-0.3, -0.25) is 4.57 Å².